The highest BCUT2D eigenvalue weighted by Gasteiger charge is 2.21. The van der Waals surface area contributed by atoms with Gasteiger partial charge in [-0.25, -0.2) is 4.79 Å². The van der Waals surface area contributed by atoms with E-state index in [1.54, 1.807) is 38.3 Å². The summed E-state index contributed by atoms with van der Waals surface area (Å²) in [5, 5.41) is 3.19. The topological polar surface area (TPSA) is 67.9 Å². The summed E-state index contributed by atoms with van der Waals surface area (Å²) in [5.74, 6) is 0.739. The van der Waals surface area contributed by atoms with Gasteiger partial charge in [0, 0.05) is 31.8 Å². The molecule has 1 aromatic rings. The van der Waals surface area contributed by atoms with Crippen LogP contribution in [0.15, 0.2) is 47.8 Å². The van der Waals surface area contributed by atoms with E-state index in [0.717, 1.165) is 13.1 Å². The molecule has 0 aromatic heterocycles. The lowest BCUT2D eigenvalue weighted by molar-refractivity contribution is -0.137. The van der Waals surface area contributed by atoms with Crippen LogP contribution >= 0.6 is 0 Å². The Bertz CT molecular complexity index is 662. The van der Waals surface area contributed by atoms with Crippen molar-refractivity contribution >= 4 is 11.8 Å². The van der Waals surface area contributed by atoms with Crippen molar-refractivity contribution < 1.29 is 19.1 Å². The Morgan fingerprint density at radius 2 is 1.96 bits per heavy atom. The number of methoxy groups -OCH3 is 1. The highest BCUT2D eigenvalue weighted by atomic mass is 16.5. The minimum Gasteiger partial charge on any atom is -0.497 e. The number of ketones is 1. The van der Waals surface area contributed by atoms with E-state index in [9.17, 15) is 9.59 Å². The van der Waals surface area contributed by atoms with E-state index in [-0.39, 0.29) is 5.78 Å². The molecule has 1 fully saturated rings. The Balaban J connectivity index is 2.34. The van der Waals surface area contributed by atoms with Crippen molar-refractivity contribution in [3.05, 3.63) is 53.4 Å². The van der Waals surface area contributed by atoms with Gasteiger partial charge in [0.1, 0.15) is 11.6 Å². The van der Waals surface area contributed by atoms with Crippen molar-refractivity contribution in [3.8, 4) is 5.75 Å². The second-order valence-corrected chi connectivity index (χ2v) is 5.25. The fourth-order valence-corrected chi connectivity index (χ4v) is 2.39. The number of rotatable bonds is 6. The van der Waals surface area contributed by atoms with Crippen LogP contribution in [0.1, 0.15) is 17.3 Å². The van der Waals surface area contributed by atoms with Crippen LogP contribution in [-0.4, -0.2) is 50.5 Å². The minimum atomic E-state index is -0.473. The van der Waals surface area contributed by atoms with Crippen LogP contribution in [0, 0.1) is 0 Å². The van der Waals surface area contributed by atoms with Gasteiger partial charge in [0.15, 0.2) is 5.78 Å². The van der Waals surface area contributed by atoms with Gasteiger partial charge in [0.05, 0.1) is 19.3 Å². The van der Waals surface area contributed by atoms with Crippen LogP contribution in [0.4, 0.5) is 0 Å². The molecule has 1 aromatic carbocycles. The Kier molecular flexibility index (Phi) is 6.01. The zero-order chi connectivity index (χ0) is 17.5. The number of carbonyl (C=O) groups excluding carboxylic acids is 2. The lowest BCUT2D eigenvalue weighted by Gasteiger charge is -2.15. The third-order valence-electron chi connectivity index (χ3n) is 3.65. The number of Topliss-reactive ketones (excluding diaryl/α,β-unsaturated/α-hetero) is 1. The molecule has 1 saturated heterocycles. The number of carbonyl (C=O) groups is 2. The largest absolute Gasteiger partial charge is 0.497 e. The molecule has 1 aliphatic rings. The summed E-state index contributed by atoms with van der Waals surface area (Å²) in [6, 6.07) is 6.87. The maximum absolute atomic E-state index is 12.9. The second-order valence-electron chi connectivity index (χ2n) is 5.25. The molecule has 24 heavy (non-hydrogen) atoms. The van der Waals surface area contributed by atoms with Gasteiger partial charge < -0.3 is 19.7 Å². The fourth-order valence-electron chi connectivity index (χ4n) is 2.39. The predicted molar refractivity (Wildman–Crippen MR) is 90.8 cm³/mol. The molecule has 6 nitrogen and oxygen atoms in total. The van der Waals surface area contributed by atoms with E-state index < -0.39 is 5.97 Å². The van der Waals surface area contributed by atoms with Crippen LogP contribution in [0.5, 0.6) is 5.75 Å². The molecule has 0 bridgehead atoms. The molecule has 1 heterocycles. The first-order valence-electron chi connectivity index (χ1n) is 7.79. The molecule has 0 unspecified atom stereocenters. The quantitative estimate of drug-likeness (QED) is 0.487. The molecule has 0 amide bonds. The molecule has 0 atom stereocenters. The number of nitrogens with one attached hydrogen (secondary N) is 1. The number of allylic oxidation sites excluding steroid dienone is 2. The number of hydrogen-bond acceptors (Lipinski definition) is 6. The van der Waals surface area contributed by atoms with E-state index in [1.165, 1.54) is 12.2 Å². The van der Waals surface area contributed by atoms with E-state index in [0.29, 0.717) is 29.3 Å². The first kappa shape index (κ1) is 17.6. The summed E-state index contributed by atoms with van der Waals surface area (Å²) in [5.41, 5.74) is 0.946. The fraction of sp³-hybridized carbons (Fsp3) is 0.333. The first-order valence-corrected chi connectivity index (χ1v) is 7.79. The third-order valence-corrected chi connectivity index (χ3v) is 3.65. The van der Waals surface area contributed by atoms with Gasteiger partial charge in [-0.05, 0) is 37.3 Å². The molecule has 1 aliphatic heterocycles. The highest BCUT2D eigenvalue weighted by molar-refractivity contribution is 6.11. The zero-order valence-corrected chi connectivity index (χ0v) is 14.2. The van der Waals surface area contributed by atoms with E-state index in [2.05, 4.69) is 5.32 Å². The van der Waals surface area contributed by atoms with Gasteiger partial charge in [0.2, 0.25) is 0 Å². The summed E-state index contributed by atoms with van der Waals surface area (Å²) in [6.45, 7) is 3.57. The lowest BCUT2D eigenvalue weighted by Crippen LogP contribution is -2.20. The standard InChI is InChI=1S/C18H22N2O4/c1-4-24-16(21)10-9-15(18-19-11-12-20(18)2)17(22)13-5-7-14(23-3)8-6-13/h5-10,19H,4,11-12H2,1-3H3/b10-9+,18-15+. The molecule has 128 valence electrons. The van der Waals surface area contributed by atoms with Crippen LogP contribution in [-0.2, 0) is 9.53 Å². The molecule has 0 aliphatic carbocycles. The van der Waals surface area contributed by atoms with Gasteiger partial charge in [-0.15, -0.1) is 0 Å². The van der Waals surface area contributed by atoms with Crippen LogP contribution in [0.2, 0.25) is 0 Å². The third kappa shape index (κ3) is 4.16. The second kappa shape index (κ2) is 8.19. The first-order chi connectivity index (χ1) is 11.6. The van der Waals surface area contributed by atoms with Crippen molar-refractivity contribution in [2.24, 2.45) is 0 Å². The molecule has 0 spiro atoms. The Morgan fingerprint density at radius 1 is 1.25 bits per heavy atom. The summed E-state index contributed by atoms with van der Waals surface area (Å²) in [6.07, 6.45) is 2.79. The monoisotopic (exact) mass is 330 g/mol. The number of likely N-dealkylation sites (N-methyl/N-ethyl adjacent to an activating group) is 1. The van der Waals surface area contributed by atoms with Crippen molar-refractivity contribution in [1.29, 1.82) is 0 Å². The van der Waals surface area contributed by atoms with Crippen LogP contribution in [0.3, 0.4) is 0 Å². The minimum absolute atomic E-state index is 0.172. The normalized spacial score (nSPS) is 16.0. The summed E-state index contributed by atoms with van der Waals surface area (Å²) >= 11 is 0. The summed E-state index contributed by atoms with van der Waals surface area (Å²) < 4.78 is 10.0. The molecule has 0 radical (unpaired) electrons. The Morgan fingerprint density at radius 3 is 2.50 bits per heavy atom. The van der Waals surface area contributed by atoms with Crippen LogP contribution in [0.25, 0.3) is 0 Å². The number of benzene rings is 1. The molecule has 0 saturated carbocycles. The number of esters is 1. The van der Waals surface area contributed by atoms with Gasteiger partial charge in [-0.2, -0.15) is 0 Å². The van der Waals surface area contributed by atoms with Crippen LogP contribution < -0.4 is 10.1 Å². The molecular formula is C18H22N2O4. The van der Waals surface area contributed by atoms with Crippen molar-refractivity contribution in [2.75, 3.05) is 33.9 Å². The molecular weight excluding hydrogens is 308 g/mol. The van der Waals surface area contributed by atoms with Gasteiger partial charge >= 0.3 is 5.97 Å². The molecule has 6 heteroatoms. The number of hydrogen-bond donors (Lipinski definition) is 1. The highest BCUT2D eigenvalue weighted by Crippen LogP contribution is 2.19. The molecule has 2 rings (SSSR count). The SMILES string of the molecule is CCOC(=O)/C=C/C(C(=O)c1ccc(OC)cc1)=C1/NCCN1C. The van der Waals surface area contributed by atoms with Crippen molar-refractivity contribution in [2.45, 2.75) is 6.92 Å². The summed E-state index contributed by atoms with van der Waals surface area (Å²) in [7, 11) is 3.47. The molecule has 1 N–H and O–H groups in total. The average Bonchev–Trinajstić information content (AvgIpc) is 3.01. The van der Waals surface area contributed by atoms with E-state index in [4.69, 9.17) is 9.47 Å². The predicted octanol–water partition coefficient (Wildman–Crippen LogP) is 1.74. The van der Waals surface area contributed by atoms with Gasteiger partial charge in [0.25, 0.3) is 0 Å². The van der Waals surface area contributed by atoms with Gasteiger partial charge in [-0.3, -0.25) is 4.79 Å². The maximum Gasteiger partial charge on any atom is 0.330 e. The van der Waals surface area contributed by atoms with E-state index >= 15 is 0 Å². The lowest BCUT2D eigenvalue weighted by atomic mass is 10.0. The Labute approximate surface area is 141 Å². The number of ether oxygens (including phenoxy) is 2. The zero-order valence-electron chi connectivity index (χ0n) is 14.2. The smallest absolute Gasteiger partial charge is 0.330 e. The summed E-state index contributed by atoms with van der Waals surface area (Å²) in [4.78, 5) is 26.4. The van der Waals surface area contributed by atoms with Crippen molar-refractivity contribution in [3.63, 3.8) is 0 Å². The van der Waals surface area contributed by atoms with Gasteiger partial charge in [-0.1, -0.05) is 0 Å². The Hall–Kier alpha value is -2.76. The number of nitrogens with zero attached hydrogens (tertiary/aromatic N) is 1. The van der Waals surface area contributed by atoms with Crippen molar-refractivity contribution in [1.82, 2.24) is 10.2 Å². The van der Waals surface area contributed by atoms with E-state index in [1.807, 2.05) is 11.9 Å². The average molecular weight is 330 g/mol. The maximum atomic E-state index is 12.9.